The molecule has 0 bridgehead atoms. The molecule has 2 N–H and O–H groups in total. The van der Waals surface area contributed by atoms with Gasteiger partial charge in [0.25, 0.3) is 0 Å². The molecule has 0 saturated heterocycles. The zero-order chi connectivity index (χ0) is 18.1. The largest absolute Gasteiger partial charge is 0.492 e. The summed E-state index contributed by atoms with van der Waals surface area (Å²) in [5.41, 5.74) is 1.59. The highest BCUT2D eigenvalue weighted by Crippen LogP contribution is 2.28. The van der Waals surface area contributed by atoms with E-state index in [1.165, 1.54) is 12.1 Å². The average molecular weight is 372 g/mol. The molecular formula is C19H20N2O4S. The van der Waals surface area contributed by atoms with Gasteiger partial charge in [0.1, 0.15) is 12.4 Å². The molecule has 2 aromatic rings. The second kappa shape index (κ2) is 6.74. The SMILES string of the molecule is O=C(Nc1ccc(S(=O)(=O)NC2CC2)cc1)[C@@H]1COc2ccccc2C1. The molecule has 136 valence electrons. The number of sulfonamides is 1. The molecule has 0 aromatic heterocycles. The number of anilines is 1. The molecule has 0 radical (unpaired) electrons. The van der Waals surface area contributed by atoms with E-state index >= 15 is 0 Å². The van der Waals surface area contributed by atoms with E-state index in [1.54, 1.807) is 12.1 Å². The first kappa shape index (κ1) is 17.1. The van der Waals surface area contributed by atoms with Crippen LogP contribution < -0.4 is 14.8 Å². The summed E-state index contributed by atoms with van der Waals surface area (Å²) in [4.78, 5) is 12.7. The van der Waals surface area contributed by atoms with E-state index < -0.39 is 10.0 Å². The zero-order valence-corrected chi connectivity index (χ0v) is 15.0. The highest BCUT2D eigenvalue weighted by Gasteiger charge is 2.28. The van der Waals surface area contributed by atoms with Gasteiger partial charge in [-0.15, -0.1) is 0 Å². The molecule has 1 saturated carbocycles. The van der Waals surface area contributed by atoms with Crippen molar-refractivity contribution in [3.63, 3.8) is 0 Å². The molecule has 1 aliphatic carbocycles. The van der Waals surface area contributed by atoms with Crippen molar-refractivity contribution in [3.05, 3.63) is 54.1 Å². The number of carbonyl (C=O) groups excluding carboxylic acids is 1. The molecule has 0 spiro atoms. The molecule has 2 aromatic carbocycles. The Balaban J connectivity index is 1.40. The average Bonchev–Trinajstić information content (AvgIpc) is 3.45. The lowest BCUT2D eigenvalue weighted by molar-refractivity contribution is -0.121. The van der Waals surface area contributed by atoms with Crippen LogP contribution in [0.15, 0.2) is 53.4 Å². The molecule has 4 rings (SSSR count). The molecule has 1 aliphatic heterocycles. The van der Waals surface area contributed by atoms with Crippen LogP contribution in [0.2, 0.25) is 0 Å². The van der Waals surface area contributed by atoms with Gasteiger partial charge in [-0.3, -0.25) is 4.79 Å². The molecule has 0 unspecified atom stereocenters. The summed E-state index contributed by atoms with van der Waals surface area (Å²) < 4.78 is 32.6. The maximum atomic E-state index is 12.5. The number of ether oxygens (including phenoxy) is 1. The number of fused-ring (bicyclic) bond motifs is 1. The molecule has 26 heavy (non-hydrogen) atoms. The topological polar surface area (TPSA) is 84.5 Å². The molecule has 1 atom stereocenters. The van der Waals surface area contributed by atoms with Gasteiger partial charge in [0.2, 0.25) is 15.9 Å². The van der Waals surface area contributed by atoms with Crippen LogP contribution in [-0.2, 0) is 21.2 Å². The van der Waals surface area contributed by atoms with E-state index in [0.29, 0.717) is 18.7 Å². The first-order chi connectivity index (χ1) is 12.5. The number of benzene rings is 2. The van der Waals surface area contributed by atoms with Gasteiger partial charge in [-0.2, -0.15) is 0 Å². The maximum absolute atomic E-state index is 12.5. The summed E-state index contributed by atoms with van der Waals surface area (Å²) in [6.45, 7) is 0.334. The van der Waals surface area contributed by atoms with E-state index in [-0.39, 0.29) is 22.8 Å². The first-order valence-electron chi connectivity index (χ1n) is 8.65. The number of rotatable bonds is 5. The van der Waals surface area contributed by atoms with E-state index in [0.717, 1.165) is 24.2 Å². The Morgan fingerprint density at radius 3 is 2.50 bits per heavy atom. The molecule has 2 aliphatic rings. The Labute approximate surface area is 152 Å². The van der Waals surface area contributed by atoms with Gasteiger partial charge in [-0.25, -0.2) is 13.1 Å². The predicted molar refractivity (Wildman–Crippen MR) is 97.5 cm³/mol. The fraction of sp³-hybridized carbons (Fsp3) is 0.316. The number of hydrogen-bond acceptors (Lipinski definition) is 4. The predicted octanol–water partition coefficient (Wildman–Crippen LogP) is 2.32. The third kappa shape index (κ3) is 3.73. The third-order valence-corrected chi connectivity index (χ3v) is 6.12. The van der Waals surface area contributed by atoms with Crippen LogP contribution in [0.3, 0.4) is 0 Å². The Kier molecular flexibility index (Phi) is 4.42. The maximum Gasteiger partial charge on any atom is 0.240 e. The lowest BCUT2D eigenvalue weighted by Gasteiger charge is -2.24. The van der Waals surface area contributed by atoms with Crippen LogP contribution >= 0.6 is 0 Å². The van der Waals surface area contributed by atoms with Crippen molar-refractivity contribution < 1.29 is 17.9 Å². The number of nitrogens with one attached hydrogen (secondary N) is 2. The van der Waals surface area contributed by atoms with Gasteiger partial charge in [0.05, 0.1) is 10.8 Å². The summed E-state index contributed by atoms with van der Waals surface area (Å²) in [6, 6.07) is 14.0. The third-order valence-electron chi connectivity index (χ3n) is 4.58. The van der Waals surface area contributed by atoms with Crippen molar-refractivity contribution >= 4 is 21.6 Å². The molecule has 1 amide bonds. The minimum absolute atomic E-state index is 0.0635. The van der Waals surface area contributed by atoms with Crippen molar-refractivity contribution in [2.45, 2.75) is 30.2 Å². The number of hydrogen-bond donors (Lipinski definition) is 2. The Morgan fingerprint density at radius 1 is 1.04 bits per heavy atom. The fourth-order valence-electron chi connectivity index (χ4n) is 2.95. The Hall–Kier alpha value is -2.38. The second-order valence-corrected chi connectivity index (χ2v) is 8.44. The highest BCUT2D eigenvalue weighted by atomic mass is 32.2. The molecule has 7 heteroatoms. The van der Waals surface area contributed by atoms with Crippen LogP contribution in [-0.4, -0.2) is 27.0 Å². The fourth-order valence-corrected chi connectivity index (χ4v) is 4.25. The first-order valence-corrected chi connectivity index (χ1v) is 10.1. The van der Waals surface area contributed by atoms with Crippen LogP contribution in [0.1, 0.15) is 18.4 Å². The normalized spacial score (nSPS) is 19.3. The van der Waals surface area contributed by atoms with E-state index in [2.05, 4.69) is 10.0 Å². The van der Waals surface area contributed by atoms with Crippen molar-refractivity contribution in [1.82, 2.24) is 4.72 Å². The Morgan fingerprint density at radius 2 is 1.77 bits per heavy atom. The quantitative estimate of drug-likeness (QED) is 0.844. The van der Waals surface area contributed by atoms with Crippen molar-refractivity contribution in [1.29, 1.82) is 0 Å². The van der Waals surface area contributed by atoms with Crippen molar-refractivity contribution in [2.75, 3.05) is 11.9 Å². The molecule has 1 fully saturated rings. The van der Waals surface area contributed by atoms with Crippen LogP contribution in [0.4, 0.5) is 5.69 Å². The standard InChI is InChI=1S/C19H20N2O4S/c22-19(14-11-13-3-1-2-4-18(13)25-12-14)20-15-7-9-17(10-8-15)26(23,24)21-16-5-6-16/h1-4,7-10,14,16,21H,5-6,11-12H2,(H,20,22)/t14-/m0/s1. The van der Waals surface area contributed by atoms with Gasteiger partial charge >= 0.3 is 0 Å². The van der Waals surface area contributed by atoms with Crippen LogP contribution in [0.5, 0.6) is 5.75 Å². The van der Waals surface area contributed by atoms with Gasteiger partial charge in [-0.1, -0.05) is 18.2 Å². The monoisotopic (exact) mass is 372 g/mol. The van der Waals surface area contributed by atoms with Gasteiger partial charge in [0, 0.05) is 11.7 Å². The van der Waals surface area contributed by atoms with E-state index in [1.807, 2.05) is 24.3 Å². The zero-order valence-electron chi connectivity index (χ0n) is 14.1. The van der Waals surface area contributed by atoms with Crippen LogP contribution in [0.25, 0.3) is 0 Å². The van der Waals surface area contributed by atoms with Crippen molar-refractivity contribution in [3.8, 4) is 5.75 Å². The number of amides is 1. The van der Waals surface area contributed by atoms with Gasteiger partial charge in [-0.05, 0) is 55.2 Å². The summed E-state index contributed by atoms with van der Waals surface area (Å²) in [5.74, 6) is 0.422. The lowest BCUT2D eigenvalue weighted by Crippen LogP contribution is -2.32. The van der Waals surface area contributed by atoms with Crippen LogP contribution in [0, 0.1) is 5.92 Å². The summed E-state index contributed by atoms with van der Waals surface area (Å²) in [7, 11) is -3.48. The lowest BCUT2D eigenvalue weighted by atomic mass is 9.96. The minimum atomic E-state index is -3.48. The summed E-state index contributed by atoms with van der Waals surface area (Å²) >= 11 is 0. The smallest absolute Gasteiger partial charge is 0.240 e. The molecule has 6 nitrogen and oxygen atoms in total. The second-order valence-electron chi connectivity index (χ2n) is 6.73. The van der Waals surface area contributed by atoms with E-state index in [9.17, 15) is 13.2 Å². The van der Waals surface area contributed by atoms with Gasteiger partial charge in [0.15, 0.2) is 0 Å². The van der Waals surface area contributed by atoms with Gasteiger partial charge < -0.3 is 10.1 Å². The molecular weight excluding hydrogens is 352 g/mol. The summed E-state index contributed by atoms with van der Waals surface area (Å²) in [6.07, 6.45) is 2.40. The number of carbonyl (C=O) groups is 1. The van der Waals surface area contributed by atoms with Crippen molar-refractivity contribution in [2.24, 2.45) is 5.92 Å². The highest BCUT2D eigenvalue weighted by molar-refractivity contribution is 7.89. The minimum Gasteiger partial charge on any atom is -0.492 e. The molecule has 1 heterocycles. The summed E-state index contributed by atoms with van der Waals surface area (Å²) in [5, 5.41) is 2.84. The Bertz CT molecular complexity index is 921. The van der Waals surface area contributed by atoms with E-state index in [4.69, 9.17) is 4.74 Å². The number of para-hydroxylation sites is 1.